The monoisotopic (exact) mass is 257 g/mol. The van der Waals surface area contributed by atoms with E-state index in [1.807, 2.05) is 6.07 Å². The van der Waals surface area contributed by atoms with Crippen LogP contribution in [0.2, 0.25) is 10.0 Å². The number of aldehydes is 1. The lowest BCUT2D eigenvalue weighted by Gasteiger charge is -2.13. The molecule has 0 N–H and O–H groups in total. The summed E-state index contributed by atoms with van der Waals surface area (Å²) in [5, 5.41) is 9.34. The van der Waals surface area contributed by atoms with Gasteiger partial charge in [0.05, 0.1) is 10.6 Å². The lowest BCUT2D eigenvalue weighted by molar-refractivity contribution is 0.111. The largest absolute Gasteiger partial charge is 0.473 e. The molecule has 1 aromatic rings. The number of hydrogen-bond acceptors (Lipinski definition) is 3. The van der Waals surface area contributed by atoms with E-state index in [1.165, 1.54) is 12.1 Å². The Labute approximate surface area is 104 Å². The molecule has 0 saturated heterocycles. The van der Waals surface area contributed by atoms with E-state index in [9.17, 15) is 4.79 Å². The van der Waals surface area contributed by atoms with Crippen LogP contribution in [-0.4, -0.2) is 12.4 Å². The van der Waals surface area contributed by atoms with Gasteiger partial charge in [0, 0.05) is 5.02 Å². The Morgan fingerprint density at radius 1 is 1.56 bits per heavy atom. The van der Waals surface area contributed by atoms with Crippen LogP contribution in [-0.2, 0) is 0 Å². The molecule has 3 nitrogen and oxygen atoms in total. The molecule has 0 spiro atoms. The second-order valence-corrected chi connectivity index (χ2v) is 3.91. The first-order chi connectivity index (χ1) is 7.62. The number of nitriles is 1. The topological polar surface area (TPSA) is 50.1 Å². The molecule has 0 aliphatic carbocycles. The number of carbonyl (C=O) groups is 1. The minimum atomic E-state index is -0.627. The Morgan fingerprint density at radius 3 is 2.75 bits per heavy atom. The maximum absolute atomic E-state index is 10.8. The Kier molecular flexibility index (Phi) is 4.60. The summed E-state index contributed by atoms with van der Waals surface area (Å²) in [5.74, 6) is 0.203. The molecule has 0 bridgehead atoms. The summed E-state index contributed by atoms with van der Waals surface area (Å²) in [6, 6.07) is 4.88. The van der Waals surface area contributed by atoms with Gasteiger partial charge in [-0.3, -0.25) is 4.79 Å². The molecule has 5 heteroatoms. The smallest absolute Gasteiger partial charge is 0.184 e. The Hall–Kier alpha value is -1.24. The summed E-state index contributed by atoms with van der Waals surface area (Å²) in [6.07, 6.45) is 0.475. The van der Waals surface area contributed by atoms with Crippen LogP contribution in [0.4, 0.5) is 0 Å². The molecule has 0 fully saturated rings. The molecular weight excluding hydrogens is 249 g/mol. The zero-order valence-electron chi connectivity index (χ0n) is 8.54. The van der Waals surface area contributed by atoms with Crippen molar-refractivity contribution >= 4 is 29.5 Å². The van der Waals surface area contributed by atoms with Crippen molar-refractivity contribution in [2.24, 2.45) is 0 Å². The Balaban J connectivity index is 3.12. The van der Waals surface area contributed by atoms with Crippen LogP contribution in [0.1, 0.15) is 23.7 Å². The molecule has 84 valence electrons. The predicted octanol–water partition coefficient (Wildman–Crippen LogP) is 3.49. The number of rotatable bonds is 4. The van der Waals surface area contributed by atoms with Gasteiger partial charge < -0.3 is 4.74 Å². The van der Waals surface area contributed by atoms with Gasteiger partial charge in [-0.25, -0.2) is 0 Å². The van der Waals surface area contributed by atoms with Crippen LogP contribution in [0, 0.1) is 11.3 Å². The van der Waals surface area contributed by atoms with E-state index in [0.29, 0.717) is 17.7 Å². The third-order valence-electron chi connectivity index (χ3n) is 1.94. The quantitative estimate of drug-likeness (QED) is 0.776. The third-order valence-corrected chi connectivity index (χ3v) is 2.44. The number of benzene rings is 1. The maximum atomic E-state index is 10.8. The number of nitrogens with zero attached hydrogens (tertiary/aromatic N) is 1. The van der Waals surface area contributed by atoms with Crippen molar-refractivity contribution in [3.8, 4) is 11.8 Å². The zero-order valence-corrected chi connectivity index (χ0v) is 10.0. The number of carbonyl (C=O) groups excluding carboxylic acids is 1. The average Bonchev–Trinajstić information content (AvgIpc) is 2.27. The van der Waals surface area contributed by atoms with Crippen LogP contribution in [0.15, 0.2) is 12.1 Å². The van der Waals surface area contributed by atoms with E-state index >= 15 is 0 Å². The van der Waals surface area contributed by atoms with Crippen molar-refractivity contribution in [2.45, 2.75) is 19.4 Å². The molecule has 0 aliphatic heterocycles. The van der Waals surface area contributed by atoms with Crippen molar-refractivity contribution in [3.63, 3.8) is 0 Å². The maximum Gasteiger partial charge on any atom is 0.184 e. The zero-order chi connectivity index (χ0) is 12.1. The summed E-state index contributed by atoms with van der Waals surface area (Å²) < 4.78 is 5.34. The van der Waals surface area contributed by atoms with E-state index in [1.54, 1.807) is 6.92 Å². The van der Waals surface area contributed by atoms with Crippen LogP contribution >= 0.6 is 23.2 Å². The number of hydrogen-bond donors (Lipinski definition) is 0. The fraction of sp³-hybridized carbons (Fsp3) is 0.273. The van der Waals surface area contributed by atoms with Crippen LogP contribution in [0.5, 0.6) is 5.75 Å². The van der Waals surface area contributed by atoms with E-state index in [4.69, 9.17) is 33.2 Å². The fourth-order valence-electron chi connectivity index (χ4n) is 1.14. The molecule has 16 heavy (non-hydrogen) atoms. The van der Waals surface area contributed by atoms with Crippen molar-refractivity contribution in [1.82, 2.24) is 0 Å². The molecule has 1 aromatic carbocycles. The number of halogens is 2. The van der Waals surface area contributed by atoms with Crippen molar-refractivity contribution < 1.29 is 9.53 Å². The first-order valence-electron chi connectivity index (χ1n) is 4.62. The van der Waals surface area contributed by atoms with Gasteiger partial charge in [-0.15, -0.1) is 0 Å². The summed E-state index contributed by atoms with van der Waals surface area (Å²) in [5.41, 5.74) is 0.242. The standard InChI is InChI=1S/C11H9Cl2NO2/c1-2-9(5-14)16-11-7(6-15)3-8(12)4-10(11)13/h3-4,6,9H,2H2,1H3. The molecule has 1 unspecified atom stereocenters. The van der Waals surface area contributed by atoms with Gasteiger partial charge in [0.1, 0.15) is 6.07 Å². The lowest BCUT2D eigenvalue weighted by Crippen LogP contribution is -2.13. The first-order valence-corrected chi connectivity index (χ1v) is 5.38. The van der Waals surface area contributed by atoms with Crippen LogP contribution in [0.3, 0.4) is 0 Å². The molecule has 0 saturated carbocycles. The molecule has 0 radical (unpaired) electrons. The van der Waals surface area contributed by atoms with Crippen molar-refractivity contribution in [3.05, 3.63) is 27.7 Å². The highest BCUT2D eigenvalue weighted by Gasteiger charge is 2.14. The summed E-state index contributed by atoms with van der Waals surface area (Å²) in [7, 11) is 0. The van der Waals surface area contributed by atoms with E-state index in [0.717, 1.165) is 0 Å². The highest BCUT2D eigenvalue weighted by molar-refractivity contribution is 6.36. The molecule has 1 rings (SSSR count). The molecule has 0 amide bonds. The first kappa shape index (κ1) is 12.8. The highest BCUT2D eigenvalue weighted by Crippen LogP contribution is 2.32. The highest BCUT2D eigenvalue weighted by atomic mass is 35.5. The van der Waals surface area contributed by atoms with Gasteiger partial charge in [-0.1, -0.05) is 30.1 Å². The second kappa shape index (κ2) is 5.74. The predicted molar refractivity (Wildman–Crippen MR) is 62.2 cm³/mol. The summed E-state index contributed by atoms with van der Waals surface area (Å²) in [6.45, 7) is 1.80. The lowest BCUT2D eigenvalue weighted by atomic mass is 10.2. The van der Waals surface area contributed by atoms with Gasteiger partial charge >= 0.3 is 0 Å². The fourth-order valence-corrected chi connectivity index (χ4v) is 1.69. The van der Waals surface area contributed by atoms with Crippen molar-refractivity contribution in [2.75, 3.05) is 0 Å². The van der Waals surface area contributed by atoms with E-state index < -0.39 is 6.10 Å². The van der Waals surface area contributed by atoms with Crippen LogP contribution < -0.4 is 4.74 Å². The molecule has 0 aromatic heterocycles. The van der Waals surface area contributed by atoms with Gasteiger partial charge in [0.2, 0.25) is 0 Å². The molecule has 0 heterocycles. The number of ether oxygens (including phenoxy) is 1. The molecule has 1 atom stereocenters. The minimum Gasteiger partial charge on any atom is -0.473 e. The van der Waals surface area contributed by atoms with Gasteiger partial charge in [0.25, 0.3) is 0 Å². The van der Waals surface area contributed by atoms with Gasteiger partial charge in [-0.2, -0.15) is 5.26 Å². The van der Waals surface area contributed by atoms with Gasteiger partial charge in [-0.05, 0) is 18.6 Å². The third kappa shape index (κ3) is 2.88. The molecular formula is C11H9Cl2NO2. The van der Waals surface area contributed by atoms with Crippen LogP contribution in [0.25, 0.3) is 0 Å². The normalized spacial score (nSPS) is 11.6. The summed E-state index contributed by atoms with van der Waals surface area (Å²) in [4.78, 5) is 10.8. The van der Waals surface area contributed by atoms with E-state index in [-0.39, 0.29) is 16.3 Å². The van der Waals surface area contributed by atoms with E-state index in [2.05, 4.69) is 0 Å². The minimum absolute atomic E-state index is 0.203. The second-order valence-electron chi connectivity index (χ2n) is 3.07. The van der Waals surface area contributed by atoms with Crippen molar-refractivity contribution in [1.29, 1.82) is 5.26 Å². The summed E-state index contributed by atoms with van der Waals surface area (Å²) >= 11 is 11.6. The van der Waals surface area contributed by atoms with Gasteiger partial charge in [0.15, 0.2) is 18.1 Å². The Bertz CT molecular complexity index is 440. The Morgan fingerprint density at radius 2 is 2.25 bits per heavy atom. The SMILES string of the molecule is CCC(C#N)Oc1c(Cl)cc(Cl)cc1C=O. The average molecular weight is 258 g/mol. The molecule has 0 aliphatic rings.